The lowest BCUT2D eigenvalue weighted by Crippen LogP contribution is -2.05. The van der Waals surface area contributed by atoms with Gasteiger partial charge in [-0.1, -0.05) is 44.2 Å². The van der Waals surface area contributed by atoms with E-state index in [9.17, 15) is 0 Å². The van der Waals surface area contributed by atoms with Crippen molar-refractivity contribution >= 4 is 17.0 Å². The maximum absolute atomic E-state index is 4.99. The van der Waals surface area contributed by atoms with E-state index in [-0.39, 0.29) is 0 Å². The molecule has 0 amide bonds. The van der Waals surface area contributed by atoms with E-state index < -0.39 is 0 Å². The highest BCUT2D eigenvalue weighted by molar-refractivity contribution is 7.15. The molecule has 0 aliphatic rings. The Balaban J connectivity index is 1.83. The highest BCUT2D eigenvalue weighted by Crippen LogP contribution is 2.37. The first kappa shape index (κ1) is 19.8. The summed E-state index contributed by atoms with van der Waals surface area (Å²) < 4.78 is 2.10. The number of imidazole rings is 1. The van der Waals surface area contributed by atoms with Crippen molar-refractivity contribution in [2.45, 2.75) is 59.8 Å². The smallest absolute Gasteiger partial charge is 0.158 e. The van der Waals surface area contributed by atoms with Gasteiger partial charge in [0.15, 0.2) is 5.65 Å². The second-order valence-corrected chi connectivity index (χ2v) is 9.06. The zero-order valence-electron chi connectivity index (χ0n) is 18.0. The SMILES string of the molecule is CCC(CC)c1cc(C)nn2c(-c3sc(Cc4ccccc4)cc3C)c(C)nc12. The molecular formula is C25H29N3S. The summed E-state index contributed by atoms with van der Waals surface area (Å²) in [5.74, 6) is 0.520. The first-order chi connectivity index (χ1) is 14.0. The summed E-state index contributed by atoms with van der Waals surface area (Å²) in [6.45, 7) is 10.9. The third kappa shape index (κ3) is 3.74. The minimum Gasteiger partial charge on any atom is -0.231 e. The molecule has 0 fully saturated rings. The number of nitrogens with zero attached hydrogens (tertiary/aromatic N) is 3. The van der Waals surface area contributed by atoms with Crippen molar-refractivity contribution in [3.63, 3.8) is 0 Å². The maximum atomic E-state index is 4.99. The zero-order valence-corrected chi connectivity index (χ0v) is 18.8. The predicted molar refractivity (Wildman–Crippen MR) is 123 cm³/mol. The van der Waals surface area contributed by atoms with Crippen molar-refractivity contribution < 1.29 is 0 Å². The third-order valence-electron chi connectivity index (χ3n) is 5.74. The third-order valence-corrected chi connectivity index (χ3v) is 6.98. The molecule has 0 atom stereocenters. The van der Waals surface area contributed by atoms with Crippen molar-refractivity contribution in [3.8, 4) is 10.6 Å². The van der Waals surface area contributed by atoms with Gasteiger partial charge in [0, 0.05) is 16.9 Å². The van der Waals surface area contributed by atoms with Crippen LogP contribution in [-0.4, -0.2) is 14.6 Å². The van der Waals surface area contributed by atoms with Gasteiger partial charge < -0.3 is 0 Å². The van der Waals surface area contributed by atoms with Crippen LogP contribution in [0.1, 0.15) is 65.6 Å². The molecule has 0 radical (unpaired) electrons. The molecule has 0 bridgehead atoms. The molecule has 0 aliphatic heterocycles. The molecule has 3 nitrogen and oxygen atoms in total. The number of aryl methyl sites for hydroxylation is 3. The van der Waals surface area contributed by atoms with Crippen molar-refractivity contribution in [3.05, 3.63) is 75.4 Å². The number of rotatable bonds is 6. The van der Waals surface area contributed by atoms with Crippen molar-refractivity contribution in [1.82, 2.24) is 14.6 Å². The van der Waals surface area contributed by atoms with Crippen LogP contribution in [0, 0.1) is 20.8 Å². The van der Waals surface area contributed by atoms with E-state index in [4.69, 9.17) is 10.1 Å². The van der Waals surface area contributed by atoms with E-state index in [0.29, 0.717) is 5.92 Å². The van der Waals surface area contributed by atoms with Crippen LogP contribution in [0.4, 0.5) is 0 Å². The fourth-order valence-electron chi connectivity index (χ4n) is 4.24. The molecule has 0 aliphatic carbocycles. The number of aromatic nitrogens is 3. The lowest BCUT2D eigenvalue weighted by molar-refractivity contribution is 0.638. The van der Waals surface area contributed by atoms with Crippen LogP contribution in [0.15, 0.2) is 42.5 Å². The van der Waals surface area contributed by atoms with E-state index in [2.05, 4.69) is 81.6 Å². The monoisotopic (exact) mass is 403 g/mol. The maximum Gasteiger partial charge on any atom is 0.158 e. The van der Waals surface area contributed by atoms with Crippen LogP contribution in [0.3, 0.4) is 0 Å². The zero-order chi connectivity index (χ0) is 20.5. The molecule has 3 heterocycles. The number of thiophene rings is 1. The van der Waals surface area contributed by atoms with Crippen LogP contribution < -0.4 is 0 Å². The number of hydrogen-bond donors (Lipinski definition) is 0. The molecule has 0 spiro atoms. The first-order valence-corrected chi connectivity index (χ1v) is 11.3. The van der Waals surface area contributed by atoms with E-state index in [1.54, 1.807) is 0 Å². The van der Waals surface area contributed by atoms with Gasteiger partial charge >= 0.3 is 0 Å². The molecule has 29 heavy (non-hydrogen) atoms. The standard InChI is InChI=1S/C25H29N3S/c1-6-20(7-2)22-14-17(4)27-28-23(18(5)26-25(22)28)24-16(3)13-21(29-24)15-19-11-9-8-10-12-19/h8-14,20H,6-7,15H2,1-5H3. The van der Waals surface area contributed by atoms with Crippen LogP contribution in [0.25, 0.3) is 16.2 Å². The molecule has 3 aromatic heterocycles. The molecule has 0 N–H and O–H groups in total. The van der Waals surface area contributed by atoms with Crippen LogP contribution in [0.2, 0.25) is 0 Å². The summed E-state index contributed by atoms with van der Waals surface area (Å²) in [6, 6.07) is 15.2. The molecule has 0 unspecified atom stereocenters. The van der Waals surface area contributed by atoms with Crippen molar-refractivity contribution in [2.75, 3.05) is 0 Å². The van der Waals surface area contributed by atoms with Gasteiger partial charge in [-0.2, -0.15) is 5.10 Å². The quantitative estimate of drug-likeness (QED) is 0.351. The fourth-order valence-corrected chi connectivity index (χ4v) is 5.52. The fraction of sp³-hybridized carbons (Fsp3) is 0.360. The Kier molecular flexibility index (Phi) is 5.55. The van der Waals surface area contributed by atoms with Gasteiger partial charge in [0.2, 0.25) is 0 Å². The summed E-state index contributed by atoms with van der Waals surface area (Å²) in [4.78, 5) is 7.66. The molecule has 1 aromatic carbocycles. The molecule has 150 valence electrons. The summed E-state index contributed by atoms with van der Waals surface area (Å²) in [5, 5.41) is 4.88. The van der Waals surface area contributed by atoms with E-state index >= 15 is 0 Å². The second-order valence-electron chi connectivity index (χ2n) is 7.92. The number of benzene rings is 1. The lowest BCUT2D eigenvalue weighted by atomic mass is 9.95. The molecule has 4 aromatic rings. The summed E-state index contributed by atoms with van der Waals surface area (Å²) in [5.41, 5.74) is 8.27. The van der Waals surface area contributed by atoms with Gasteiger partial charge in [-0.05, 0) is 62.8 Å². The predicted octanol–water partition coefficient (Wildman–Crippen LogP) is 6.88. The topological polar surface area (TPSA) is 30.2 Å². The lowest BCUT2D eigenvalue weighted by Gasteiger charge is -2.14. The van der Waals surface area contributed by atoms with Gasteiger partial charge in [-0.15, -0.1) is 11.3 Å². The first-order valence-electron chi connectivity index (χ1n) is 10.5. The highest BCUT2D eigenvalue weighted by Gasteiger charge is 2.21. The Morgan fingerprint density at radius 2 is 1.72 bits per heavy atom. The Bertz CT molecular complexity index is 1130. The van der Waals surface area contributed by atoms with Crippen LogP contribution in [-0.2, 0) is 6.42 Å². The molecule has 4 heteroatoms. The minimum absolute atomic E-state index is 0.520. The van der Waals surface area contributed by atoms with Gasteiger partial charge in [0.1, 0.15) is 5.69 Å². The molecule has 0 saturated carbocycles. The highest BCUT2D eigenvalue weighted by atomic mass is 32.1. The average Bonchev–Trinajstić information content (AvgIpc) is 3.21. The van der Waals surface area contributed by atoms with E-state index in [0.717, 1.165) is 42.0 Å². The Hall–Kier alpha value is -2.46. The van der Waals surface area contributed by atoms with Crippen LogP contribution in [0.5, 0.6) is 0 Å². The average molecular weight is 404 g/mol. The Morgan fingerprint density at radius 1 is 1.00 bits per heavy atom. The second kappa shape index (κ2) is 8.11. The Morgan fingerprint density at radius 3 is 2.41 bits per heavy atom. The summed E-state index contributed by atoms with van der Waals surface area (Å²) >= 11 is 1.87. The molecule has 0 saturated heterocycles. The number of fused-ring (bicyclic) bond motifs is 1. The van der Waals surface area contributed by atoms with Crippen molar-refractivity contribution in [1.29, 1.82) is 0 Å². The van der Waals surface area contributed by atoms with Gasteiger partial charge in [0.25, 0.3) is 0 Å². The Labute approximate surface area is 177 Å². The van der Waals surface area contributed by atoms with Gasteiger partial charge in [-0.3, -0.25) is 0 Å². The van der Waals surface area contributed by atoms with Crippen LogP contribution >= 0.6 is 11.3 Å². The summed E-state index contributed by atoms with van der Waals surface area (Å²) in [7, 11) is 0. The largest absolute Gasteiger partial charge is 0.231 e. The number of hydrogen-bond acceptors (Lipinski definition) is 3. The molecular weight excluding hydrogens is 374 g/mol. The van der Waals surface area contributed by atoms with E-state index in [1.807, 2.05) is 11.3 Å². The van der Waals surface area contributed by atoms with Gasteiger partial charge in [-0.25, -0.2) is 9.50 Å². The van der Waals surface area contributed by atoms with Gasteiger partial charge in [0.05, 0.1) is 16.3 Å². The van der Waals surface area contributed by atoms with E-state index in [1.165, 1.54) is 26.4 Å². The molecule has 4 rings (SSSR count). The normalized spacial score (nSPS) is 11.7. The van der Waals surface area contributed by atoms with Crippen molar-refractivity contribution in [2.24, 2.45) is 0 Å². The minimum atomic E-state index is 0.520. The summed E-state index contributed by atoms with van der Waals surface area (Å²) in [6.07, 6.45) is 3.21.